The summed E-state index contributed by atoms with van der Waals surface area (Å²) < 4.78 is 6.96. The second kappa shape index (κ2) is 25.0. The van der Waals surface area contributed by atoms with Crippen molar-refractivity contribution in [2.24, 2.45) is 17.8 Å². The van der Waals surface area contributed by atoms with Gasteiger partial charge in [0.2, 0.25) is 0 Å². The van der Waals surface area contributed by atoms with E-state index in [1.807, 2.05) is 6.92 Å². The van der Waals surface area contributed by atoms with Crippen molar-refractivity contribution in [1.29, 1.82) is 0 Å². The lowest BCUT2D eigenvalue weighted by atomic mass is 9.80. The summed E-state index contributed by atoms with van der Waals surface area (Å²) in [5.41, 5.74) is 0. The molecule has 8 heteroatoms. The highest BCUT2D eigenvalue weighted by atomic mass is 16.6. The normalized spacial score (nSPS) is 14.2. The van der Waals surface area contributed by atoms with Crippen LogP contribution in [0.1, 0.15) is 162 Å². The molecule has 0 saturated heterocycles. The Labute approximate surface area is 261 Å². The van der Waals surface area contributed by atoms with Gasteiger partial charge in [-0.1, -0.05) is 136 Å². The molecule has 0 aliphatic rings. The Morgan fingerprint density at radius 3 is 1.53 bits per heavy atom. The quantitative estimate of drug-likeness (QED) is 0.0911. The molecule has 1 rings (SSSR count). The second-order valence-electron chi connectivity index (χ2n) is 12.6. The van der Waals surface area contributed by atoms with Gasteiger partial charge in [0.1, 0.15) is 12.4 Å². The SMILES string of the molecule is CCCCCCCCCCCCC(C(=O)O)C(C)CC(C(=O)O)C(CCCCCCCCCCC)OC(=O)n1ccnc1. The van der Waals surface area contributed by atoms with Crippen LogP contribution in [-0.2, 0) is 14.3 Å². The molecule has 0 amide bonds. The molecule has 0 fully saturated rings. The number of nitrogens with zero attached hydrogens (tertiary/aromatic N) is 2. The summed E-state index contributed by atoms with van der Waals surface area (Å²) in [6.07, 6.45) is 25.9. The van der Waals surface area contributed by atoms with E-state index in [1.54, 1.807) is 0 Å². The number of carboxylic acid groups (broad SMARTS) is 2. The van der Waals surface area contributed by atoms with Gasteiger partial charge in [-0.2, -0.15) is 0 Å². The van der Waals surface area contributed by atoms with Crippen LogP contribution in [0.2, 0.25) is 0 Å². The highest BCUT2D eigenvalue weighted by molar-refractivity contribution is 5.74. The number of hydrogen-bond acceptors (Lipinski definition) is 5. The van der Waals surface area contributed by atoms with Crippen LogP contribution in [0.25, 0.3) is 0 Å². The molecule has 0 radical (unpaired) electrons. The van der Waals surface area contributed by atoms with Crippen LogP contribution in [0.5, 0.6) is 0 Å². The van der Waals surface area contributed by atoms with Crippen molar-refractivity contribution in [3.63, 3.8) is 0 Å². The monoisotopic (exact) mass is 606 g/mol. The average molecular weight is 607 g/mol. The molecular weight excluding hydrogens is 544 g/mol. The Kier molecular flexibility index (Phi) is 22.5. The number of carbonyl (C=O) groups excluding carboxylic acids is 1. The maximum atomic E-state index is 12.8. The lowest BCUT2D eigenvalue weighted by Gasteiger charge is -2.28. The van der Waals surface area contributed by atoms with Crippen molar-refractivity contribution in [3.8, 4) is 0 Å². The standard InChI is InChI=1S/C35H62N2O6/c1-4-6-8-10-12-14-16-17-19-21-23-30(33(38)39)29(3)27-31(34(40)41)32(43-35(42)37-26-25-36-28-37)24-22-20-18-15-13-11-9-7-5-2/h25-26,28-32H,4-24,27H2,1-3H3,(H,38,39)(H,40,41). The van der Waals surface area contributed by atoms with Crippen molar-refractivity contribution in [2.45, 2.75) is 168 Å². The zero-order valence-corrected chi connectivity index (χ0v) is 27.5. The molecule has 1 aromatic heterocycles. The Balaban J connectivity index is 2.67. The number of carboxylic acids is 2. The van der Waals surface area contributed by atoms with Crippen molar-refractivity contribution in [3.05, 3.63) is 18.7 Å². The number of hydrogen-bond donors (Lipinski definition) is 2. The van der Waals surface area contributed by atoms with Crippen LogP contribution in [0.3, 0.4) is 0 Å². The van der Waals surface area contributed by atoms with E-state index in [9.17, 15) is 24.6 Å². The molecule has 0 aliphatic carbocycles. The van der Waals surface area contributed by atoms with Crippen molar-refractivity contribution >= 4 is 18.0 Å². The lowest BCUT2D eigenvalue weighted by molar-refractivity contribution is -0.150. The number of imidazole rings is 1. The first kappa shape index (κ1) is 38.6. The first-order chi connectivity index (χ1) is 20.8. The molecule has 1 aromatic rings. The van der Waals surface area contributed by atoms with Crippen LogP contribution in [0.4, 0.5) is 4.79 Å². The molecule has 248 valence electrons. The fraction of sp³-hybridized carbons (Fsp3) is 0.829. The zero-order chi connectivity index (χ0) is 31.7. The number of rotatable bonds is 28. The van der Waals surface area contributed by atoms with E-state index in [0.717, 1.165) is 44.9 Å². The fourth-order valence-corrected chi connectivity index (χ4v) is 6.04. The van der Waals surface area contributed by atoms with Crippen LogP contribution in [0.15, 0.2) is 18.7 Å². The van der Waals surface area contributed by atoms with E-state index >= 15 is 0 Å². The summed E-state index contributed by atoms with van der Waals surface area (Å²) in [4.78, 5) is 41.3. The number of aliphatic carboxylic acids is 2. The average Bonchev–Trinajstić information content (AvgIpc) is 3.52. The number of carbonyl (C=O) groups is 3. The topological polar surface area (TPSA) is 119 Å². The smallest absolute Gasteiger partial charge is 0.419 e. The second-order valence-corrected chi connectivity index (χ2v) is 12.6. The summed E-state index contributed by atoms with van der Waals surface area (Å²) in [7, 11) is 0. The minimum Gasteiger partial charge on any atom is -0.481 e. The summed E-state index contributed by atoms with van der Waals surface area (Å²) in [6, 6.07) is 0. The summed E-state index contributed by atoms with van der Waals surface area (Å²) in [6.45, 7) is 6.27. The van der Waals surface area contributed by atoms with Gasteiger partial charge in [0, 0.05) is 12.4 Å². The van der Waals surface area contributed by atoms with E-state index in [4.69, 9.17) is 4.74 Å². The van der Waals surface area contributed by atoms with Gasteiger partial charge in [0.25, 0.3) is 0 Å². The van der Waals surface area contributed by atoms with Crippen molar-refractivity contribution < 1.29 is 29.3 Å². The van der Waals surface area contributed by atoms with Gasteiger partial charge in [-0.05, 0) is 31.6 Å². The molecule has 4 atom stereocenters. The summed E-state index contributed by atoms with van der Waals surface area (Å²) in [5.74, 6) is -3.86. The third-order valence-electron chi connectivity index (χ3n) is 8.82. The first-order valence-corrected chi connectivity index (χ1v) is 17.5. The van der Waals surface area contributed by atoms with Crippen LogP contribution in [-0.4, -0.2) is 43.9 Å². The molecule has 8 nitrogen and oxygen atoms in total. The molecule has 1 heterocycles. The zero-order valence-electron chi connectivity index (χ0n) is 27.5. The molecule has 0 aromatic carbocycles. The van der Waals surface area contributed by atoms with Gasteiger partial charge in [0.15, 0.2) is 0 Å². The minimum absolute atomic E-state index is 0.156. The third-order valence-corrected chi connectivity index (χ3v) is 8.82. The van der Waals surface area contributed by atoms with Gasteiger partial charge < -0.3 is 14.9 Å². The van der Waals surface area contributed by atoms with E-state index in [1.165, 1.54) is 100 Å². The number of aromatic nitrogens is 2. The Bertz CT molecular complexity index is 843. The van der Waals surface area contributed by atoms with E-state index in [0.29, 0.717) is 12.8 Å². The molecule has 0 spiro atoms. The lowest BCUT2D eigenvalue weighted by Crippen LogP contribution is -2.36. The van der Waals surface area contributed by atoms with Gasteiger partial charge in [-0.25, -0.2) is 14.3 Å². The van der Waals surface area contributed by atoms with Gasteiger partial charge in [-0.15, -0.1) is 0 Å². The molecular formula is C35H62N2O6. The van der Waals surface area contributed by atoms with Gasteiger partial charge in [0.05, 0.1) is 11.8 Å². The predicted molar refractivity (Wildman–Crippen MR) is 172 cm³/mol. The number of unbranched alkanes of at least 4 members (excludes halogenated alkanes) is 17. The molecule has 2 N–H and O–H groups in total. The van der Waals surface area contributed by atoms with Crippen molar-refractivity contribution in [2.75, 3.05) is 0 Å². The van der Waals surface area contributed by atoms with Gasteiger partial charge in [-0.3, -0.25) is 9.59 Å². The van der Waals surface area contributed by atoms with Gasteiger partial charge >= 0.3 is 18.0 Å². The maximum absolute atomic E-state index is 12.8. The van der Waals surface area contributed by atoms with Crippen LogP contribution >= 0.6 is 0 Å². The van der Waals surface area contributed by atoms with Crippen LogP contribution in [0, 0.1) is 17.8 Å². The predicted octanol–water partition coefficient (Wildman–Crippen LogP) is 9.90. The van der Waals surface area contributed by atoms with E-state index in [-0.39, 0.29) is 12.3 Å². The molecule has 0 aliphatic heterocycles. The van der Waals surface area contributed by atoms with E-state index in [2.05, 4.69) is 18.8 Å². The highest BCUT2D eigenvalue weighted by Gasteiger charge is 2.36. The summed E-state index contributed by atoms with van der Waals surface area (Å²) in [5, 5.41) is 20.2. The Morgan fingerprint density at radius 2 is 1.12 bits per heavy atom. The molecule has 43 heavy (non-hydrogen) atoms. The van der Waals surface area contributed by atoms with Crippen molar-refractivity contribution in [1.82, 2.24) is 9.55 Å². The third kappa shape index (κ3) is 18.1. The molecule has 0 saturated carbocycles. The first-order valence-electron chi connectivity index (χ1n) is 17.5. The molecule has 4 unspecified atom stereocenters. The van der Waals surface area contributed by atoms with E-state index < -0.39 is 36.0 Å². The Morgan fingerprint density at radius 1 is 0.674 bits per heavy atom. The van der Waals surface area contributed by atoms with Crippen LogP contribution < -0.4 is 0 Å². The minimum atomic E-state index is -1.05. The number of ether oxygens (including phenoxy) is 1. The fourth-order valence-electron chi connectivity index (χ4n) is 6.04. The Hall–Kier alpha value is -2.38. The summed E-state index contributed by atoms with van der Waals surface area (Å²) >= 11 is 0. The highest BCUT2D eigenvalue weighted by Crippen LogP contribution is 2.30. The largest absolute Gasteiger partial charge is 0.481 e. The molecule has 0 bridgehead atoms. The maximum Gasteiger partial charge on any atom is 0.419 e.